The van der Waals surface area contributed by atoms with Crippen LogP contribution in [0.1, 0.15) is 31.7 Å². The second kappa shape index (κ2) is 10.1. The van der Waals surface area contributed by atoms with Crippen molar-refractivity contribution in [1.29, 1.82) is 0 Å². The van der Waals surface area contributed by atoms with Crippen molar-refractivity contribution >= 4 is 0 Å². The van der Waals surface area contributed by atoms with Gasteiger partial charge in [0.1, 0.15) is 5.75 Å². The lowest BCUT2D eigenvalue weighted by molar-refractivity contribution is 0.0109. The molecule has 0 amide bonds. The molecule has 0 aliphatic carbocycles. The Morgan fingerprint density at radius 1 is 1.00 bits per heavy atom. The van der Waals surface area contributed by atoms with Gasteiger partial charge in [0.05, 0.1) is 0 Å². The van der Waals surface area contributed by atoms with Crippen LogP contribution >= 0.6 is 0 Å². The number of ether oxygens (including phenoxy) is 1. The topological polar surface area (TPSA) is 32.7 Å². The number of aliphatic hydroxyl groups is 1. The van der Waals surface area contributed by atoms with Crippen molar-refractivity contribution in [2.75, 3.05) is 20.6 Å². The summed E-state index contributed by atoms with van der Waals surface area (Å²) in [7, 11) is 3.86. The molecule has 0 aliphatic rings. The van der Waals surface area contributed by atoms with Crippen molar-refractivity contribution in [3.63, 3.8) is 0 Å². The van der Waals surface area contributed by atoms with Gasteiger partial charge in [-0.1, -0.05) is 62.7 Å². The van der Waals surface area contributed by atoms with Crippen LogP contribution in [0.4, 0.5) is 0 Å². The Hall–Kier alpha value is -2.10. The van der Waals surface area contributed by atoms with E-state index in [4.69, 9.17) is 4.74 Å². The van der Waals surface area contributed by atoms with Crippen LogP contribution in [0.25, 0.3) is 11.1 Å². The maximum Gasteiger partial charge on any atom is 0.221 e. The van der Waals surface area contributed by atoms with Gasteiger partial charge in [-0.2, -0.15) is 0 Å². The summed E-state index contributed by atoms with van der Waals surface area (Å²) in [5.74, 6) is 0.636. The van der Waals surface area contributed by atoms with Crippen LogP contribution in [0.15, 0.2) is 60.7 Å². The lowest BCUT2D eigenvalue weighted by atomic mass is 10.0. The summed E-state index contributed by atoms with van der Waals surface area (Å²) >= 11 is 0. The number of benzene rings is 2. The maximum absolute atomic E-state index is 10.1. The maximum atomic E-state index is 10.1. The molecular weight excluding hydrogens is 322 g/mol. The Morgan fingerprint density at radius 2 is 1.58 bits per heavy atom. The first-order chi connectivity index (χ1) is 12.5. The summed E-state index contributed by atoms with van der Waals surface area (Å²) in [5.41, 5.74) is 4.36. The zero-order chi connectivity index (χ0) is 18.9. The summed E-state index contributed by atoms with van der Waals surface area (Å²) in [6, 6.07) is 16.6. The number of nitrogens with zero attached hydrogens (tertiary/aromatic N) is 1. The van der Waals surface area contributed by atoms with Gasteiger partial charge >= 0.3 is 0 Å². The van der Waals surface area contributed by atoms with Crippen LogP contribution < -0.4 is 4.74 Å². The number of hydrogen-bond donors (Lipinski definition) is 1. The minimum absolute atomic E-state index is 0.587. The highest BCUT2D eigenvalue weighted by Gasteiger charge is 2.11. The molecule has 0 spiro atoms. The van der Waals surface area contributed by atoms with Crippen LogP contribution in [0.5, 0.6) is 5.75 Å². The van der Waals surface area contributed by atoms with Gasteiger partial charge in [0.2, 0.25) is 6.29 Å². The molecule has 3 nitrogen and oxygen atoms in total. The monoisotopic (exact) mass is 353 g/mol. The molecule has 140 valence electrons. The quantitative estimate of drug-likeness (QED) is 0.374. The lowest BCUT2D eigenvalue weighted by Crippen LogP contribution is -2.26. The van der Waals surface area contributed by atoms with Crippen LogP contribution in [0.2, 0.25) is 0 Å². The average Bonchev–Trinajstić information content (AvgIpc) is 2.62. The molecule has 3 heteroatoms. The molecule has 2 aromatic carbocycles. The highest BCUT2D eigenvalue weighted by molar-refractivity contribution is 5.64. The molecule has 0 bridgehead atoms. The van der Waals surface area contributed by atoms with Crippen molar-refractivity contribution in [2.45, 2.75) is 38.9 Å². The van der Waals surface area contributed by atoms with Crippen LogP contribution in [-0.2, 0) is 6.42 Å². The Kier molecular flexibility index (Phi) is 7.89. The minimum Gasteiger partial charge on any atom is -0.461 e. The molecule has 1 N–H and O–H groups in total. The normalized spacial score (nSPS) is 12.2. The van der Waals surface area contributed by atoms with E-state index in [0.29, 0.717) is 17.9 Å². The fourth-order valence-electron chi connectivity index (χ4n) is 2.87. The van der Waals surface area contributed by atoms with Gasteiger partial charge in [0.15, 0.2) is 0 Å². The molecule has 2 rings (SSSR count). The summed E-state index contributed by atoms with van der Waals surface area (Å²) in [6.07, 6.45) is 3.95. The Bertz CT molecular complexity index is 674. The van der Waals surface area contributed by atoms with Gasteiger partial charge in [0, 0.05) is 12.1 Å². The molecular formula is C23H31NO2. The SMILES string of the molecule is C=C(CN(C)C)C(O)Oc1ccc(-c2ccc(CCCCC)cc2)cc1. The molecule has 0 saturated carbocycles. The molecule has 1 atom stereocenters. The largest absolute Gasteiger partial charge is 0.461 e. The van der Waals surface area contributed by atoms with Crippen molar-refractivity contribution in [2.24, 2.45) is 0 Å². The highest BCUT2D eigenvalue weighted by Crippen LogP contribution is 2.24. The average molecular weight is 354 g/mol. The Labute approximate surface area is 157 Å². The fourth-order valence-corrected chi connectivity index (χ4v) is 2.87. The van der Waals surface area contributed by atoms with E-state index in [2.05, 4.69) is 37.8 Å². The third kappa shape index (κ3) is 6.32. The summed E-state index contributed by atoms with van der Waals surface area (Å²) in [6.45, 7) is 6.69. The molecule has 2 aromatic rings. The van der Waals surface area contributed by atoms with E-state index in [1.807, 2.05) is 43.3 Å². The van der Waals surface area contributed by atoms with Crippen LogP contribution in [0.3, 0.4) is 0 Å². The summed E-state index contributed by atoms with van der Waals surface area (Å²) in [5, 5.41) is 10.1. The van der Waals surface area contributed by atoms with Gasteiger partial charge in [0.25, 0.3) is 0 Å². The zero-order valence-electron chi connectivity index (χ0n) is 16.2. The van der Waals surface area contributed by atoms with Gasteiger partial charge < -0.3 is 14.7 Å². The van der Waals surface area contributed by atoms with Gasteiger partial charge in [-0.3, -0.25) is 0 Å². The molecule has 0 heterocycles. The van der Waals surface area contributed by atoms with E-state index in [0.717, 1.165) is 12.0 Å². The standard InChI is InChI=1S/C23H31NO2/c1-5-6-7-8-19-9-11-20(12-10-19)21-13-15-22(16-14-21)26-23(25)18(2)17-24(3)4/h9-16,23,25H,2,5-8,17H2,1,3-4H3. The predicted octanol–water partition coefficient (Wildman–Crippen LogP) is 4.90. The molecule has 0 saturated heterocycles. The smallest absolute Gasteiger partial charge is 0.221 e. The first kappa shape index (κ1) is 20.2. The Balaban J connectivity index is 1.95. The summed E-state index contributed by atoms with van der Waals surface area (Å²) < 4.78 is 5.57. The van der Waals surface area contributed by atoms with Gasteiger partial charge in [-0.25, -0.2) is 0 Å². The third-order valence-electron chi connectivity index (χ3n) is 4.33. The number of hydrogen-bond acceptors (Lipinski definition) is 3. The van der Waals surface area contributed by atoms with Crippen molar-refractivity contribution in [1.82, 2.24) is 4.90 Å². The zero-order valence-corrected chi connectivity index (χ0v) is 16.2. The number of aryl methyl sites for hydroxylation is 1. The highest BCUT2D eigenvalue weighted by atomic mass is 16.6. The molecule has 1 unspecified atom stereocenters. The van der Waals surface area contributed by atoms with E-state index >= 15 is 0 Å². The second-order valence-electron chi connectivity index (χ2n) is 7.04. The van der Waals surface area contributed by atoms with Crippen molar-refractivity contribution < 1.29 is 9.84 Å². The molecule has 26 heavy (non-hydrogen) atoms. The lowest BCUT2D eigenvalue weighted by Gasteiger charge is -2.19. The first-order valence-electron chi connectivity index (χ1n) is 9.36. The van der Waals surface area contributed by atoms with Crippen LogP contribution in [-0.4, -0.2) is 36.9 Å². The van der Waals surface area contributed by atoms with Crippen molar-refractivity contribution in [3.05, 3.63) is 66.2 Å². The summed E-state index contributed by atoms with van der Waals surface area (Å²) in [4.78, 5) is 1.95. The van der Waals surface area contributed by atoms with Crippen LogP contribution in [0, 0.1) is 0 Å². The molecule has 0 radical (unpaired) electrons. The van der Waals surface area contributed by atoms with E-state index in [-0.39, 0.29) is 0 Å². The van der Waals surface area contributed by atoms with E-state index in [1.54, 1.807) is 0 Å². The van der Waals surface area contributed by atoms with Gasteiger partial charge in [-0.05, 0) is 55.8 Å². The number of unbranched alkanes of at least 4 members (excludes halogenated alkanes) is 2. The second-order valence-corrected chi connectivity index (χ2v) is 7.04. The van der Waals surface area contributed by atoms with Gasteiger partial charge in [-0.15, -0.1) is 0 Å². The molecule has 0 aromatic heterocycles. The van der Waals surface area contributed by atoms with E-state index < -0.39 is 6.29 Å². The molecule has 0 fully saturated rings. The number of rotatable bonds is 10. The number of aliphatic hydroxyl groups excluding tert-OH is 1. The molecule has 0 aliphatic heterocycles. The first-order valence-corrected chi connectivity index (χ1v) is 9.36. The van der Waals surface area contributed by atoms with E-state index in [1.165, 1.54) is 30.4 Å². The number of likely N-dealkylation sites (N-methyl/N-ethyl adjacent to an activating group) is 1. The fraction of sp³-hybridized carbons (Fsp3) is 0.391. The Morgan fingerprint density at radius 3 is 2.12 bits per heavy atom. The predicted molar refractivity (Wildman–Crippen MR) is 109 cm³/mol. The van der Waals surface area contributed by atoms with E-state index in [9.17, 15) is 5.11 Å². The van der Waals surface area contributed by atoms with Crippen molar-refractivity contribution in [3.8, 4) is 16.9 Å². The third-order valence-corrected chi connectivity index (χ3v) is 4.33. The minimum atomic E-state index is -0.995.